The number of methoxy groups -OCH3 is 1. The summed E-state index contributed by atoms with van der Waals surface area (Å²) in [6, 6.07) is 16.8. The molecule has 8 heteroatoms. The van der Waals surface area contributed by atoms with Crippen LogP contribution in [0.5, 0.6) is 11.5 Å². The van der Waals surface area contributed by atoms with E-state index < -0.39 is 17.8 Å². The number of benzene rings is 3. The van der Waals surface area contributed by atoms with Crippen molar-refractivity contribution in [2.24, 2.45) is 0 Å². The molecule has 0 spiro atoms. The Kier molecular flexibility index (Phi) is 6.89. The van der Waals surface area contributed by atoms with Crippen molar-refractivity contribution in [3.8, 4) is 11.5 Å². The molecule has 4 amide bonds. The van der Waals surface area contributed by atoms with Crippen LogP contribution in [-0.4, -0.2) is 25.0 Å². The van der Waals surface area contributed by atoms with Gasteiger partial charge in [0.15, 0.2) is 11.5 Å². The summed E-state index contributed by atoms with van der Waals surface area (Å²) in [7, 11) is 1.50. The van der Waals surface area contributed by atoms with Crippen LogP contribution in [0.25, 0.3) is 6.08 Å². The monoisotopic (exact) mass is 490 g/mol. The van der Waals surface area contributed by atoms with E-state index >= 15 is 0 Å². The highest BCUT2D eigenvalue weighted by molar-refractivity contribution is 6.39. The van der Waals surface area contributed by atoms with E-state index in [0.717, 1.165) is 21.6 Å². The number of imide groups is 2. The number of amides is 4. The van der Waals surface area contributed by atoms with E-state index in [1.165, 1.54) is 13.2 Å². The number of carbonyl (C=O) groups excluding carboxylic acids is 3. The fraction of sp³-hybridized carbons (Fsp3) is 0.148. The van der Waals surface area contributed by atoms with E-state index in [9.17, 15) is 14.4 Å². The molecule has 4 rings (SSSR count). The van der Waals surface area contributed by atoms with Gasteiger partial charge in [0.1, 0.15) is 12.2 Å². The highest BCUT2D eigenvalue weighted by Crippen LogP contribution is 2.31. The molecule has 0 saturated carbocycles. The average Bonchev–Trinajstić information content (AvgIpc) is 2.83. The van der Waals surface area contributed by atoms with Crippen LogP contribution >= 0.6 is 11.6 Å². The van der Waals surface area contributed by atoms with Gasteiger partial charge in [-0.15, -0.1) is 0 Å². The van der Waals surface area contributed by atoms with Crippen molar-refractivity contribution in [1.29, 1.82) is 0 Å². The maximum Gasteiger partial charge on any atom is 0.335 e. The molecule has 1 saturated heterocycles. The van der Waals surface area contributed by atoms with Gasteiger partial charge in [-0.05, 0) is 78.6 Å². The molecule has 178 valence electrons. The Morgan fingerprint density at radius 2 is 1.74 bits per heavy atom. The van der Waals surface area contributed by atoms with Gasteiger partial charge in [-0.25, -0.2) is 9.69 Å². The fourth-order valence-electron chi connectivity index (χ4n) is 3.60. The van der Waals surface area contributed by atoms with Crippen molar-refractivity contribution < 1.29 is 23.9 Å². The van der Waals surface area contributed by atoms with E-state index in [0.29, 0.717) is 27.8 Å². The standard InChI is InChI=1S/C27H23ClN2O5/c1-16-7-9-21(11-17(16)2)30-26(32)22(25(31)29-27(30)33)13-18-8-10-23(24(14-18)34-3)35-15-19-5-4-6-20(28)12-19/h4-14H,15H2,1-3H3,(H,29,31,33)/b22-13+. The first kappa shape index (κ1) is 24.0. The van der Waals surface area contributed by atoms with Gasteiger partial charge >= 0.3 is 6.03 Å². The Balaban J connectivity index is 1.60. The third kappa shape index (κ3) is 5.20. The molecule has 1 aliphatic rings. The second-order valence-corrected chi connectivity index (χ2v) is 8.49. The number of halogens is 1. The number of barbiturate groups is 1. The molecule has 1 N–H and O–H groups in total. The lowest BCUT2D eigenvalue weighted by Crippen LogP contribution is -2.54. The first-order valence-electron chi connectivity index (χ1n) is 10.8. The Morgan fingerprint density at radius 3 is 2.46 bits per heavy atom. The Hall–Kier alpha value is -4.10. The first-order chi connectivity index (χ1) is 16.8. The number of anilines is 1. The van der Waals surface area contributed by atoms with E-state index in [-0.39, 0.29) is 12.2 Å². The molecular weight excluding hydrogens is 468 g/mol. The van der Waals surface area contributed by atoms with Crippen molar-refractivity contribution in [3.05, 3.63) is 93.5 Å². The summed E-state index contributed by atoms with van der Waals surface area (Å²) in [5.41, 5.74) is 3.59. The molecular formula is C27H23ClN2O5. The molecule has 3 aromatic rings. The zero-order chi connectivity index (χ0) is 25.1. The second kappa shape index (κ2) is 10.0. The topological polar surface area (TPSA) is 84.9 Å². The third-order valence-electron chi connectivity index (χ3n) is 5.63. The highest BCUT2D eigenvalue weighted by Gasteiger charge is 2.36. The van der Waals surface area contributed by atoms with Crippen LogP contribution < -0.4 is 19.7 Å². The molecule has 35 heavy (non-hydrogen) atoms. The lowest BCUT2D eigenvalue weighted by Gasteiger charge is -2.26. The predicted octanol–water partition coefficient (Wildman–Crippen LogP) is 5.21. The van der Waals surface area contributed by atoms with Crippen molar-refractivity contribution in [3.63, 3.8) is 0 Å². The van der Waals surface area contributed by atoms with Gasteiger partial charge in [0.25, 0.3) is 11.8 Å². The van der Waals surface area contributed by atoms with E-state index in [1.54, 1.807) is 36.4 Å². The largest absolute Gasteiger partial charge is 0.493 e. The molecule has 0 bridgehead atoms. The lowest BCUT2D eigenvalue weighted by atomic mass is 10.0. The second-order valence-electron chi connectivity index (χ2n) is 8.06. The van der Waals surface area contributed by atoms with Crippen LogP contribution in [0.15, 0.2) is 66.2 Å². The predicted molar refractivity (Wildman–Crippen MR) is 134 cm³/mol. The molecule has 7 nitrogen and oxygen atoms in total. The zero-order valence-corrected chi connectivity index (χ0v) is 20.2. The van der Waals surface area contributed by atoms with Crippen LogP contribution in [0.4, 0.5) is 10.5 Å². The van der Waals surface area contributed by atoms with Crippen molar-refractivity contribution in [2.75, 3.05) is 12.0 Å². The minimum Gasteiger partial charge on any atom is -0.493 e. The number of nitrogens with one attached hydrogen (secondary N) is 1. The van der Waals surface area contributed by atoms with E-state index in [1.807, 2.05) is 38.1 Å². The average molecular weight is 491 g/mol. The van der Waals surface area contributed by atoms with Gasteiger partial charge in [0.05, 0.1) is 12.8 Å². The smallest absolute Gasteiger partial charge is 0.335 e. The van der Waals surface area contributed by atoms with E-state index in [2.05, 4.69) is 5.32 Å². The molecule has 1 aliphatic heterocycles. The van der Waals surface area contributed by atoms with Gasteiger partial charge in [0.2, 0.25) is 0 Å². The van der Waals surface area contributed by atoms with Gasteiger partial charge in [0, 0.05) is 5.02 Å². The maximum absolute atomic E-state index is 13.2. The number of ether oxygens (including phenoxy) is 2. The normalized spacial score (nSPS) is 14.8. The molecule has 0 radical (unpaired) electrons. The van der Waals surface area contributed by atoms with Gasteiger partial charge < -0.3 is 9.47 Å². The first-order valence-corrected chi connectivity index (χ1v) is 11.2. The molecule has 0 aliphatic carbocycles. The van der Waals surface area contributed by atoms with Crippen LogP contribution in [-0.2, 0) is 16.2 Å². The summed E-state index contributed by atoms with van der Waals surface area (Å²) in [6.45, 7) is 4.10. The van der Waals surface area contributed by atoms with Gasteiger partial charge in [-0.3, -0.25) is 14.9 Å². The summed E-state index contributed by atoms with van der Waals surface area (Å²) in [6.07, 6.45) is 1.42. The molecule has 0 aromatic heterocycles. The minimum atomic E-state index is -0.789. The SMILES string of the molecule is COc1cc(/C=C2\C(=O)NC(=O)N(c3ccc(C)c(C)c3)C2=O)ccc1OCc1cccc(Cl)c1. The number of hydrogen-bond donors (Lipinski definition) is 1. The summed E-state index contributed by atoms with van der Waals surface area (Å²) < 4.78 is 11.3. The quantitative estimate of drug-likeness (QED) is 0.378. The molecule has 0 unspecified atom stereocenters. The number of hydrogen-bond acceptors (Lipinski definition) is 5. The number of urea groups is 1. The van der Waals surface area contributed by atoms with E-state index in [4.69, 9.17) is 21.1 Å². The number of rotatable bonds is 6. The van der Waals surface area contributed by atoms with Crippen molar-refractivity contribution in [1.82, 2.24) is 5.32 Å². The zero-order valence-electron chi connectivity index (χ0n) is 19.4. The number of carbonyl (C=O) groups is 3. The summed E-state index contributed by atoms with van der Waals surface area (Å²) in [4.78, 5) is 39.1. The lowest BCUT2D eigenvalue weighted by molar-refractivity contribution is -0.122. The van der Waals surface area contributed by atoms with Crippen molar-refractivity contribution >= 4 is 41.2 Å². The van der Waals surface area contributed by atoms with Crippen molar-refractivity contribution in [2.45, 2.75) is 20.5 Å². The van der Waals surface area contributed by atoms with Gasteiger partial charge in [-0.2, -0.15) is 0 Å². The third-order valence-corrected chi connectivity index (χ3v) is 5.87. The number of nitrogens with zero attached hydrogens (tertiary/aromatic N) is 1. The van der Waals surface area contributed by atoms with Crippen LogP contribution in [0.2, 0.25) is 5.02 Å². The summed E-state index contributed by atoms with van der Waals surface area (Å²) in [5, 5.41) is 2.85. The molecule has 1 fully saturated rings. The highest BCUT2D eigenvalue weighted by atomic mass is 35.5. The van der Waals surface area contributed by atoms with Crippen LogP contribution in [0.3, 0.4) is 0 Å². The van der Waals surface area contributed by atoms with Crippen LogP contribution in [0, 0.1) is 13.8 Å². The minimum absolute atomic E-state index is 0.169. The molecule has 3 aromatic carbocycles. The number of aryl methyl sites for hydroxylation is 2. The van der Waals surface area contributed by atoms with Crippen LogP contribution in [0.1, 0.15) is 22.3 Å². The molecule has 0 atom stereocenters. The Morgan fingerprint density at radius 1 is 0.943 bits per heavy atom. The Labute approximate surface area is 207 Å². The summed E-state index contributed by atoms with van der Waals surface area (Å²) >= 11 is 6.02. The summed E-state index contributed by atoms with van der Waals surface area (Å²) in [5.74, 6) is -0.560. The Bertz CT molecular complexity index is 1370. The van der Waals surface area contributed by atoms with Gasteiger partial charge in [-0.1, -0.05) is 35.9 Å². The molecule has 1 heterocycles. The maximum atomic E-state index is 13.2. The fourth-order valence-corrected chi connectivity index (χ4v) is 3.82.